The maximum atomic E-state index is 11.0. The summed E-state index contributed by atoms with van der Waals surface area (Å²) in [6.07, 6.45) is 0. The highest BCUT2D eigenvalue weighted by Gasteiger charge is 2.13. The molecule has 1 aromatic rings. The molecule has 0 heterocycles. The van der Waals surface area contributed by atoms with Gasteiger partial charge in [0, 0.05) is 18.0 Å². The van der Waals surface area contributed by atoms with Crippen LogP contribution in [0.1, 0.15) is 25.6 Å². The van der Waals surface area contributed by atoms with Crippen LogP contribution in [-0.4, -0.2) is 13.0 Å². The van der Waals surface area contributed by atoms with E-state index in [0.717, 1.165) is 16.5 Å². The van der Waals surface area contributed by atoms with Gasteiger partial charge in [-0.15, -0.1) is 0 Å². The summed E-state index contributed by atoms with van der Waals surface area (Å²) >= 11 is 5.56. The van der Waals surface area contributed by atoms with Crippen molar-refractivity contribution < 1.29 is 9.53 Å². The predicted molar refractivity (Wildman–Crippen MR) is 71.4 cm³/mol. The highest BCUT2D eigenvalue weighted by molar-refractivity contribution is 14.1. The lowest BCUT2D eigenvalue weighted by Crippen LogP contribution is -2.12. The van der Waals surface area contributed by atoms with Crippen LogP contribution in [0.3, 0.4) is 0 Å². The number of carbonyl (C=O) groups is 1. The van der Waals surface area contributed by atoms with Crippen molar-refractivity contribution in [2.24, 2.45) is 5.73 Å². The van der Waals surface area contributed by atoms with Gasteiger partial charge in [0.25, 0.3) is 0 Å². The van der Waals surface area contributed by atoms with E-state index in [1.165, 1.54) is 0 Å². The summed E-state index contributed by atoms with van der Waals surface area (Å²) in [5.41, 5.74) is 7.81. The van der Waals surface area contributed by atoms with Gasteiger partial charge in [0.15, 0.2) is 0 Å². The molecule has 0 saturated heterocycles. The Kier molecular flexibility index (Phi) is 5.01. The van der Waals surface area contributed by atoms with Gasteiger partial charge in [-0.1, -0.05) is 22.0 Å². The number of carbonyl (C=O) groups excluding carboxylic acids is 1. The fraction of sp³-hybridized carbons (Fsp3) is 0.300. The summed E-state index contributed by atoms with van der Waals surface area (Å²) in [5, 5.41) is 0.726. The molecule has 2 N–H and O–H groups in total. The number of rotatable bonds is 4. The molecule has 0 aromatic heterocycles. The summed E-state index contributed by atoms with van der Waals surface area (Å²) in [5.74, 6) is -0.419. The van der Waals surface area contributed by atoms with Gasteiger partial charge in [-0.3, -0.25) is 4.79 Å². The molecule has 1 aromatic carbocycles. The third kappa shape index (κ3) is 3.15. The number of alkyl halides is 2. The van der Waals surface area contributed by atoms with E-state index in [4.69, 9.17) is 10.5 Å². The maximum absolute atomic E-state index is 11.0. The number of methoxy groups -OCH3 is 1. The molecular weight excluding hydrogens is 373 g/mol. The Labute approximate surface area is 111 Å². The summed E-state index contributed by atoms with van der Waals surface area (Å²) in [6.45, 7) is 0. The fourth-order valence-corrected chi connectivity index (χ4v) is 2.30. The number of halogens is 2. The van der Waals surface area contributed by atoms with Crippen LogP contribution in [0.2, 0.25) is 0 Å². The van der Waals surface area contributed by atoms with Crippen molar-refractivity contribution in [3.63, 3.8) is 0 Å². The minimum absolute atomic E-state index is 0.0746. The predicted octanol–water partition coefficient (Wildman–Crippen LogP) is 2.76. The van der Waals surface area contributed by atoms with Crippen molar-refractivity contribution in [3.8, 4) is 0 Å². The molecule has 0 aliphatic carbocycles. The van der Waals surface area contributed by atoms with Crippen LogP contribution in [0.4, 0.5) is 0 Å². The molecule has 0 spiro atoms. The van der Waals surface area contributed by atoms with Crippen LogP contribution in [0, 0.1) is 0 Å². The first-order chi connectivity index (χ1) is 7.10. The van der Waals surface area contributed by atoms with E-state index in [1.54, 1.807) is 19.2 Å². The van der Waals surface area contributed by atoms with Gasteiger partial charge in [0.05, 0.1) is 0 Å². The van der Waals surface area contributed by atoms with Crippen LogP contribution >= 0.6 is 38.5 Å². The van der Waals surface area contributed by atoms with Gasteiger partial charge >= 0.3 is 0 Å². The molecule has 1 atom stereocenters. The van der Waals surface area contributed by atoms with Gasteiger partial charge < -0.3 is 10.5 Å². The lowest BCUT2D eigenvalue weighted by molar-refractivity contribution is 0.1000. The van der Waals surface area contributed by atoms with Crippen LogP contribution in [0.25, 0.3) is 0 Å². The number of hydrogen-bond donors (Lipinski definition) is 1. The second-order valence-electron chi connectivity index (χ2n) is 2.96. The summed E-state index contributed by atoms with van der Waals surface area (Å²) in [7, 11) is 1.63. The second-order valence-corrected chi connectivity index (χ2v) is 4.66. The molecule has 5 heteroatoms. The number of nitrogens with two attached hydrogens (primary N) is 1. The molecule has 0 bridgehead atoms. The minimum Gasteiger partial charge on any atom is -0.366 e. The monoisotopic (exact) mass is 383 g/mol. The van der Waals surface area contributed by atoms with Gasteiger partial charge in [-0.2, -0.15) is 0 Å². The van der Waals surface area contributed by atoms with Gasteiger partial charge in [-0.05, 0) is 45.9 Å². The first-order valence-electron chi connectivity index (χ1n) is 4.25. The lowest BCUT2D eigenvalue weighted by Gasteiger charge is -2.13. The SMILES string of the molecule is COC(I)c1cc(C(N)=O)ccc1CBr. The van der Waals surface area contributed by atoms with E-state index in [1.807, 2.05) is 6.07 Å². The van der Waals surface area contributed by atoms with Crippen LogP contribution < -0.4 is 5.73 Å². The number of hydrogen-bond acceptors (Lipinski definition) is 2. The van der Waals surface area contributed by atoms with Gasteiger partial charge in [0.2, 0.25) is 5.91 Å². The van der Waals surface area contributed by atoms with Crippen molar-refractivity contribution in [2.45, 2.75) is 9.44 Å². The molecule has 0 fully saturated rings. The Morgan fingerprint density at radius 2 is 2.33 bits per heavy atom. The van der Waals surface area contributed by atoms with Crippen LogP contribution in [0.15, 0.2) is 18.2 Å². The number of benzene rings is 1. The Morgan fingerprint density at radius 1 is 1.67 bits per heavy atom. The third-order valence-electron chi connectivity index (χ3n) is 2.03. The molecule has 1 unspecified atom stereocenters. The fourth-order valence-electron chi connectivity index (χ4n) is 1.21. The summed E-state index contributed by atoms with van der Waals surface area (Å²) in [6, 6.07) is 5.38. The molecule has 82 valence electrons. The van der Waals surface area contributed by atoms with Crippen molar-refractivity contribution in [2.75, 3.05) is 7.11 Å². The normalized spacial score (nSPS) is 12.5. The largest absolute Gasteiger partial charge is 0.366 e. The molecular formula is C10H11BrINO2. The van der Waals surface area contributed by atoms with Crippen LogP contribution in [-0.2, 0) is 10.1 Å². The average molecular weight is 384 g/mol. The van der Waals surface area contributed by atoms with Crippen molar-refractivity contribution >= 4 is 44.4 Å². The van der Waals surface area contributed by atoms with E-state index in [2.05, 4.69) is 38.5 Å². The first-order valence-corrected chi connectivity index (χ1v) is 6.62. The number of ether oxygens (including phenoxy) is 1. The quantitative estimate of drug-likeness (QED) is 0.642. The van der Waals surface area contributed by atoms with Gasteiger partial charge in [-0.25, -0.2) is 0 Å². The third-order valence-corrected chi connectivity index (χ3v) is 3.81. The minimum atomic E-state index is -0.419. The van der Waals surface area contributed by atoms with E-state index < -0.39 is 5.91 Å². The average Bonchev–Trinajstić information content (AvgIpc) is 2.27. The van der Waals surface area contributed by atoms with E-state index in [0.29, 0.717) is 5.56 Å². The highest BCUT2D eigenvalue weighted by atomic mass is 127. The molecule has 1 rings (SSSR count). The Morgan fingerprint density at radius 3 is 2.80 bits per heavy atom. The summed E-state index contributed by atoms with van der Waals surface area (Å²) < 4.78 is 5.15. The second kappa shape index (κ2) is 5.81. The molecule has 3 nitrogen and oxygen atoms in total. The number of primary amides is 1. The Bertz CT molecular complexity index is 370. The zero-order valence-electron chi connectivity index (χ0n) is 8.17. The molecule has 15 heavy (non-hydrogen) atoms. The molecule has 0 saturated carbocycles. The lowest BCUT2D eigenvalue weighted by atomic mass is 10.1. The van der Waals surface area contributed by atoms with Crippen molar-refractivity contribution in [1.82, 2.24) is 0 Å². The van der Waals surface area contributed by atoms with E-state index >= 15 is 0 Å². The maximum Gasteiger partial charge on any atom is 0.248 e. The standard InChI is InChI=1S/C10H11BrINO2/c1-15-9(12)8-4-6(10(13)14)2-3-7(8)5-11/h2-4,9H,5H2,1H3,(H2,13,14). The number of amides is 1. The molecule has 0 aliphatic rings. The van der Waals surface area contributed by atoms with E-state index in [-0.39, 0.29) is 4.11 Å². The van der Waals surface area contributed by atoms with E-state index in [9.17, 15) is 4.79 Å². The highest BCUT2D eigenvalue weighted by Crippen LogP contribution is 2.29. The van der Waals surface area contributed by atoms with Crippen molar-refractivity contribution in [3.05, 3.63) is 34.9 Å². The zero-order chi connectivity index (χ0) is 11.4. The smallest absolute Gasteiger partial charge is 0.248 e. The van der Waals surface area contributed by atoms with Crippen LogP contribution in [0.5, 0.6) is 0 Å². The topological polar surface area (TPSA) is 52.3 Å². The van der Waals surface area contributed by atoms with Crippen molar-refractivity contribution in [1.29, 1.82) is 0 Å². The molecule has 0 radical (unpaired) electrons. The first kappa shape index (κ1) is 12.9. The molecule has 0 aliphatic heterocycles. The molecule has 1 amide bonds. The summed E-state index contributed by atoms with van der Waals surface area (Å²) in [4.78, 5) is 11.0. The Balaban J connectivity index is 3.18. The van der Waals surface area contributed by atoms with Gasteiger partial charge in [0.1, 0.15) is 4.11 Å². The Hall–Kier alpha value is -0.140. The zero-order valence-corrected chi connectivity index (χ0v) is 11.9.